The molecular formula is C18H15F2N7O4S. The summed E-state index contributed by atoms with van der Waals surface area (Å²) in [7, 11) is -1.32. The number of pyridine rings is 1. The minimum atomic E-state index is -4.27. The number of fused-ring (bicyclic) bond motifs is 1. The molecule has 1 amide bonds. The van der Waals surface area contributed by atoms with Gasteiger partial charge in [-0.1, -0.05) is 0 Å². The lowest BCUT2D eigenvalue weighted by Crippen LogP contribution is -2.19. The Morgan fingerprint density at radius 1 is 1.25 bits per heavy atom. The number of imidazole rings is 1. The molecule has 0 unspecified atom stereocenters. The van der Waals surface area contributed by atoms with E-state index in [1.54, 1.807) is 7.05 Å². The number of carbonyl (C=O) groups is 1. The van der Waals surface area contributed by atoms with Crippen molar-refractivity contribution in [3.63, 3.8) is 0 Å². The maximum absolute atomic E-state index is 15.0. The minimum Gasteiger partial charge on any atom is -0.479 e. The van der Waals surface area contributed by atoms with E-state index in [0.717, 1.165) is 12.1 Å². The van der Waals surface area contributed by atoms with Gasteiger partial charge >= 0.3 is 0 Å². The number of hydrogen-bond donors (Lipinski definition) is 3. The number of ether oxygens (including phenoxy) is 1. The molecule has 0 spiro atoms. The summed E-state index contributed by atoms with van der Waals surface area (Å²) in [6, 6.07) is 3.09. The van der Waals surface area contributed by atoms with E-state index in [0.29, 0.717) is 11.0 Å². The number of carbonyl (C=O) groups excluding carboxylic acids is 1. The normalized spacial score (nSPS) is 11.5. The predicted molar refractivity (Wildman–Crippen MR) is 109 cm³/mol. The lowest BCUT2D eigenvalue weighted by atomic mass is 10.1. The number of amides is 1. The van der Waals surface area contributed by atoms with Crippen molar-refractivity contribution >= 4 is 38.3 Å². The van der Waals surface area contributed by atoms with E-state index in [-0.39, 0.29) is 16.6 Å². The number of aromatic nitrogens is 5. The van der Waals surface area contributed by atoms with Gasteiger partial charge in [0.1, 0.15) is 11.4 Å². The third kappa shape index (κ3) is 3.82. The van der Waals surface area contributed by atoms with Gasteiger partial charge < -0.3 is 14.6 Å². The minimum absolute atomic E-state index is 0.112. The van der Waals surface area contributed by atoms with Crippen molar-refractivity contribution in [2.24, 2.45) is 7.05 Å². The summed E-state index contributed by atoms with van der Waals surface area (Å²) >= 11 is 0. The molecule has 0 aliphatic rings. The molecule has 0 radical (unpaired) electrons. The Labute approximate surface area is 179 Å². The van der Waals surface area contributed by atoms with Gasteiger partial charge in [-0.2, -0.15) is 8.42 Å². The fourth-order valence-corrected chi connectivity index (χ4v) is 3.91. The maximum atomic E-state index is 15.0. The van der Waals surface area contributed by atoms with Crippen molar-refractivity contribution in [2.45, 2.75) is 5.03 Å². The highest BCUT2D eigenvalue weighted by Crippen LogP contribution is 2.26. The molecule has 3 aromatic heterocycles. The van der Waals surface area contributed by atoms with E-state index >= 15 is 0 Å². The Balaban J connectivity index is 1.64. The fourth-order valence-electron chi connectivity index (χ4n) is 2.86. The number of anilines is 2. The van der Waals surface area contributed by atoms with E-state index in [9.17, 15) is 22.0 Å². The molecule has 0 aliphatic carbocycles. The zero-order valence-electron chi connectivity index (χ0n) is 16.6. The summed E-state index contributed by atoms with van der Waals surface area (Å²) in [6.07, 6.45) is 3.69. The number of halogens is 2. The van der Waals surface area contributed by atoms with Gasteiger partial charge in [-0.05, 0) is 18.2 Å². The first-order valence-corrected chi connectivity index (χ1v) is 10.4. The highest BCUT2D eigenvalue weighted by molar-refractivity contribution is 7.92. The Hall–Kier alpha value is -4.07. The van der Waals surface area contributed by atoms with Crippen LogP contribution >= 0.6 is 0 Å². The number of H-pyrrole nitrogens is 1. The summed E-state index contributed by atoms with van der Waals surface area (Å²) in [6.45, 7) is 0. The number of nitrogens with one attached hydrogen (secondary N) is 3. The molecule has 0 saturated carbocycles. The molecule has 0 saturated heterocycles. The molecule has 0 aliphatic heterocycles. The van der Waals surface area contributed by atoms with Crippen molar-refractivity contribution < 1.29 is 26.7 Å². The lowest BCUT2D eigenvalue weighted by Gasteiger charge is -2.12. The van der Waals surface area contributed by atoms with Crippen molar-refractivity contribution in [1.82, 2.24) is 24.7 Å². The van der Waals surface area contributed by atoms with Crippen LogP contribution in [0.5, 0.6) is 5.88 Å². The Morgan fingerprint density at radius 3 is 2.72 bits per heavy atom. The van der Waals surface area contributed by atoms with E-state index in [1.165, 1.54) is 36.5 Å². The molecule has 166 valence electrons. The molecule has 0 atom stereocenters. The van der Waals surface area contributed by atoms with E-state index in [1.807, 2.05) is 4.72 Å². The molecule has 32 heavy (non-hydrogen) atoms. The van der Waals surface area contributed by atoms with Crippen LogP contribution in [0.15, 0.2) is 41.9 Å². The summed E-state index contributed by atoms with van der Waals surface area (Å²) in [5.41, 5.74) is -1.11. The molecular weight excluding hydrogens is 448 g/mol. The Morgan fingerprint density at radius 2 is 2.03 bits per heavy atom. The third-order valence-electron chi connectivity index (χ3n) is 4.35. The Bertz CT molecular complexity index is 1450. The highest BCUT2D eigenvalue weighted by atomic mass is 32.2. The molecule has 4 aromatic rings. The second kappa shape index (κ2) is 7.88. The Kier molecular flexibility index (Phi) is 5.22. The number of aryl methyl sites for hydroxylation is 1. The van der Waals surface area contributed by atoms with Crippen molar-refractivity contribution in [1.29, 1.82) is 0 Å². The van der Waals surface area contributed by atoms with Crippen LogP contribution in [0.25, 0.3) is 11.0 Å². The van der Waals surface area contributed by atoms with Gasteiger partial charge in [-0.3, -0.25) is 14.6 Å². The summed E-state index contributed by atoms with van der Waals surface area (Å²) in [5, 5.41) is 8.89. The first-order valence-electron chi connectivity index (χ1n) is 8.88. The number of benzene rings is 1. The van der Waals surface area contributed by atoms with Gasteiger partial charge in [0.15, 0.2) is 16.5 Å². The second-order valence-corrected chi connectivity index (χ2v) is 8.20. The van der Waals surface area contributed by atoms with Gasteiger partial charge in [0.2, 0.25) is 5.88 Å². The summed E-state index contributed by atoms with van der Waals surface area (Å²) in [5.74, 6) is -3.51. The van der Waals surface area contributed by atoms with Crippen molar-refractivity contribution in [3.05, 3.63) is 54.1 Å². The van der Waals surface area contributed by atoms with Crippen LogP contribution in [0.4, 0.5) is 20.2 Å². The molecule has 1 aromatic carbocycles. The first kappa shape index (κ1) is 21.2. The molecule has 3 N–H and O–H groups in total. The molecule has 0 bridgehead atoms. The topological polar surface area (TPSA) is 144 Å². The molecule has 14 heteroatoms. The average Bonchev–Trinajstić information content (AvgIpc) is 3.36. The van der Waals surface area contributed by atoms with Crippen LogP contribution in [0.2, 0.25) is 0 Å². The second-order valence-electron chi connectivity index (χ2n) is 6.57. The quantitative estimate of drug-likeness (QED) is 0.397. The first-order chi connectivity index (χ1) is 15.2. The van der Waals surface area contributed by atoms with E-state index in [2.05, 4.69) is 25.5 Å². The van der Waals surface area contributed by atoms with Crippen LogP contribution < -0.4 is 14.8 Å². The van der Waals surface area contributed by atoms with Gasteiger partial charge in [0.25, 0.3) is 15.9 Å². The zero-order chi connectivity index (χ0) is 23.0. The van der Waals surface area contributed by atoms with Crippen LogP contribution in [0.3, 0.4) is 0 Å². The monoisotopic (exact) mass is 463 g/mol. The van der Waals surface area contributed by atoms with Crippen molar-refractivity contribution in [3.8, 4) is 5.88 Å². The summed E-state index contributed by atoms with van der Waals surface area (Å²) in [4.78, 5) is 20.3. The standard InChI is InChI=1S/C18H15F2N7O4S/c1-27-7-13(22-8-27)32(29,30)26-12-4-3-11(19)14(15(12)20)17(28)23-9-5-10-16(21-6-9)24-25-18(10)31-2/h3-8,26H,1-2H3,(H,23,28)(H,21,24,25). The third-order valence-corrected chi connectivity index (χ3v) is 5.60. The zero-order valence-corrected chi connectivity index (χ0v) is 17.4. The number of nitrogens with zero attached hydrogens (tertiary/aromatic N) is 4. The van der Waals surface area contributed by atoms with E-state index < -0.39 is 38.8 Å². The largest absolute Gasteiger partial charge is 0.479 e. The molecule has 0 fully saturated rings. The van der Waals surface area contributed by atoms with Crippen molar-refractivity contribution in [2.75, 3.05) is 17.1 Å². The average molecular weight is 463 g/mol. The number of aromatic amines is 1. The molecule has 4 rings (SSSR count). The lowest BCUT2D eigenvalue weighted by molar-refractivity contribution is 0.101. The van der Waals surface area contributed by atoms with Crippen LogP contribution in [0.1, 0.15) is 10.4 Å². The smallest absolute Gasteiger partial charge is 0.281 e. The maximum Gasteiger partial charge on any atom is 0.281 e. The predicted octanol–water partition coefficient (Wildman–Crippen LogP) is 2.03. The number of sulfonamides is 1. The molecule has 11 nitrogen and oxygen atoms in total. The van der Waals surface area contributed by atoms with Crippen LogP contribution in [-0.4, -0.2) is 46.2 Å². The van der Waals surface area contributed by atoms with Gasteiger partial charge in [0, 0.05) is 13.2 Å². The number of hydrogen-bond acceptors (Lipinski definition) is 7. The number of rotatable bonds is 6. The molecule has 3 heterocycles. The van der Waals surface area contributed by atoms with Gasteiger partial charge in [-0.15, -0.1) is 5.10 Å². The van der Waals surface area contributed by atoms with Crippen LogP contribution in [-0.2, 0) is 17.1 Å². The van der Waals surface area contributed by atoms with E-state index in [4.69, 9.17) is 4.74 Å². The SMILES string of the molecule is COc1n[nH]c2ncc(NC(=O)c3c(F)ccc(NS(=O)(=O)c4cn(C)cn4)c3F)cc12. The number of methoxy groups -OCH3 is 1. The highest BCUT2D eigenvalue weighted by Gasteiger charge is 2.25. The van der Waals surface area contributed by atoms with Crippen LogP contribution in [0, 0.1) is 11.6 Å². The fraction of sp³-hybridized carbons (Fsp3) is 0.111. The van der Waals surface area contributed by atoms with Gasteiger partial charge in [0.05, 0.1) is 36.4 Å². The van der Waals surface area contributed by atoms with Gasteiger partial charge in [-0.25, -0.2) is 18.7 Å². The summed E-state index contributed by atoms with van der Waals surface area (Å²) < 4.78 is 62.5.